The van der Waals surface area contributed by atoms with Gasteiger partial charge in [-0.15, -0.1) is 0 Å². The predicted molar refractivity (Wildman–Crippen MR) is 50.3 cm³/mol. The van der Waals surface area contributed by atoms with E-state index in [-0.39, 0.29) is 0 Å². The van der Waals surface area contributed by atoms with Crippen LogP contribution in [0, 0.1) is 0 Å². The lowest BCUT2D eigenvalue weighted by atomic mass is 10.0. The Morgan fingerprint density at radius 3 is 3.17 bits per heavy atom. The topological polar surface area (TPSA) is 12.4 Å². The van der Waals surface area contributed by atoms with Crippen molar-refractivity contribution in [3.05, 3.63) is 41.6 Å². The van der Waals surface area contributed by atoms with E-state index in [4.69, 9.17) is 0 Å². The third-order valence-corrected chi connectivity index (χ3v) is 2.52. The average molecular weight is 155 g/mol. The molecule has 1 aromatic carbocycles. The van der Waals surface area contributed by atoms with Crippen LogP contribution in [0.4, 0.5) is 0 Å². The van der Waals surface area contributed by atoms with Crippen molar-refractivity contribution in [1.29, 1.82) is 0 Å². The van der Waals surface area contributed by atoms with Gasteiger partial charge in [0.1, 0.15) is 0 Å². The fourth-order valence-corrected chi connectivity index (χ4v) is 1.78. The molecule has 3 rings (SSSR count). The van der Waals surface area contributed by atoms with Crippen molar-refractivity contribution in [2.45, 2.75) is 12.3 Å². The minimum absolute atomic E-state index is 0.635. The molecule has 1 heterocycles. The van der Waals surface area contributed by atoms with E-state index < -0.39 is 0 Å². The normalized spacial score (nSPS) is 23.7. The second-order valence-corrected chi connectivity index (χ2v) is 3.32. The lowest BCUT2D eigenvalue weighted by molar-refractivity contribution is 1.17. The van der Waals surface area contributed by atoms with E-state index in [1.165, 1.54) is 23.3 Å². The molecule has 0 N–H and O–H groups in total. The molecule has 0 radical (unpaired) electrons. The summed E-state index contributed by atoms with van der Waals surface area (Å²) in [4.78, 5) is 4.35. The number of hydrogen-bond donors (Lipinski definition) is 0. The number of fused-ring (bicyclic) bond motifs is 3. The zero-order valence-electron chi connectivity index (χ0n) is 6.70. The molecular weight excluding hydrogens is 146 g/mol. The van der Waals surface area contributed by atoms with E-state index in [1.807, 2.05) is 6.20 Å². The smallest absolute Gasteiger partial charge is 0.0282 e. The van der Waals surface area contributed by atoms with Gasteiger partial charge in [-0.25, -0.2) is 0 Å². The lowest BCUT2D eigenvalue weighted by Crippen LogP contribution is -1.84. The maximum absolute atomic E-state index is 4.35. The van der Waals surface area contributed by atoms with Crippen LogP contribution < -0.4 is 0 Å². The molecule has 1 heteroatoms. The molecule has 2 aliphatic rings. The van der Waals surface area contributed by atoms with Crippen LogP contribution in [-0.2, 0) is 0 Å². The molecule has 12 heavy (non-hydrogen) atoms. The Hall–Kier alpha value is -1.37. The molecule has 0 saturated heterocycles. The van der Waals surface area contributed by atoms with Crippen molar-refractivity contribution in [2.75, 3.05) is 0 Å². The van der Waals surface area contributed by atoms with Crippen LogP contribution in [0.25, 0.3) is 6.08 Å². The highest BCUT2D eigenvalue weighted by atomic mass is 14.8. The molecule has 58 valence electrons. The standard InChI is InChI=1S/C11H9N/c1-2-4-9-8(3-1)5-6-12-11-7-10(9)11/h1-6,10H,7H2. The fraction of sp³-hybridized carbons (Fsp3) is 0.182. The van der Waals surface area contributed by atoms with Gasteiger partial charge in [-0.05, 0) is 23.6 Å². The van der Waals surface area contributed by atoms with Crippen LogP contribution in [0.15, 0.2) is 35.5 Å². The fourth-order valence-electron chi connectivity index (χ4n) is 1.78. The molecule has 0 amide bonds. The third kappa shape index (κ3) is 0.765. The van der Waals surface area contributed by atoms with Gasteiger partial charge in [0.25, 0.3) is 0 Å². The molecule has 1 aliphatic heterocycles. The van der Waals surface area contributed by atoms with Gasteiger partial charge in [-0.3, -0.25) is 4.99 Å². The molecule has 1 saturated carbocycles. The highest BCUT2D eigenvalue weighted by molar-refractivity contribution is 6.07. The summed E-state index contributed by atoms with van der Waals surface area (Å²) in [6, 6.07) is 8.55. The van der Waals surface area contributed by atoms with Gasteiger partial charge in [-0.2, -0.15) is 0 Å². The van der Waals surface area contributed by atoms with Crippen molar-refractivity contribution in [3.8, 4) is 0 Å². The molecule has 0 bridgehead atoms. The zero-order valence-corrected chi connectivity index (χ0v) is 6.70. The van der Waals surface area contributed by atoms with Crippen molar-refractivity contribution in [2.24, 2.45) is 4.99 Å². The van der Waals surface area contributed by atoms with Crippen LogP contribution in [-0.4, -0.2) is 5.71 Å². The summed E-state index contributed by atoms with van der Waals surface area (Å²) >= 11 is 0. The Bertz CT molecular complexity index is 388. The van der Waals surface area contributed by atoms with Gasteiger partial charge in [-0.1, -0.05) is 24.3 Å². The van der Waals surface area contributed by atoms with E-state index in [9.17, 15) is 0 Å². The van der Waals surface area contributed by atoms with Gasteiger partial charge in [0.05, 0.1) is 0 Å². The lowest BCUT2D eigenvalue weighted by Gasteiger charge is -2.00. The summed E-state index contributed by atoms with van der Waals surface area (Å²) in [5.41, 5.74) is 4.12. The van der Waals surface area contributed by atoms with E-state index in [0.717, 1.165) is 0 Å². The van der Waals surface area contributed by atoms with Crippen molar-refractivity contribution >= 4 is 11.8 Å². The predicted octanol–water partition coefficient (Wildman–Crippen LogP) is 2.60. The highest BCUT2D eigenvalue weighted by Crippen LogP contribution is 2.40. The monoisotopic (exact) mass is 155 g/mol. The first-order chi connectivity index (χ1) is 5.95. The molecule has 1 aliphatic carbocycles. The summed E-state index contributed by atoms with van der Waals surface area (Å²) in [6.45, 7) is 0. The number of aliphatic imine (C=N–C) groups is 1. The minimum Gasteiger partial charge on any atom is -0.265 e. The van der Waals surface area contributed by atoms with E-state index in [0.29, 0.717) is 5.92 Å². The Morgan fingerprint density at radius 1 is 1.25 bits per heavy atom. The average Bonchev–Trinajstić information content (AvgIpc) is 2.82. The summed E-state index contributed by atoms with van der Waals surface area (Å²) < 4.78 is 0. The Kier molecular flexibility index (Phi) is 1.06. The quantitative estimate of drug-likeness (QED) is 0.546. The SMILES string of the molecule is C1=Cc2ccccc2C2CC2=N1. The van der Waals surface area contributed by atoms with Crippen LogP contribution in [0.3, 0.4) is 0 Å². The van der Waals surface area contributed by atoms with Crippen LogP contribution in [0.1, 0.15) is 23.5 Å². The molecule has 1 fully saturated rings. The summed E-state index contributed by atoms with van der Waals surface area (Å²) in [5.74, 6) is 0.635. The van der Waals surface area contributed by atoms with Gasteiger partial charge in [0, 0.05) is 17.8 Å². The molecule has 1 nitrogen and oxygen atoms in total. The first-order valence-electron chi connectivity index (χ1n) is 4.27. The van der Waals surface area contributed by atoms with Gasteiger partial charge in [0.15, 0.2) is 0 Å². The molecule has 0 aromatic heterocycles. The van der Waals surface area contributed by atoms with Crippen LogP contribution >= 0.6 is 0 Å². The van der Waals surface area contributed by atoms with Crippen LogP contribution in [0.2, 0.25) is 0 Å². The number of hydrogen-bond acceptors (Lipinski definition) is 1. The van der Waals surface area contributed by atoms with Gasteiger partial charge < -0.3 is 0 Å². The van der Waals surface area contributed by atoms with Crippen LogP contribution in [0.5, 0.6) is 0 Å². The number of rotatable bonds is 0. The summed E-state index contributed by atoms with van der Waals surface area (Å²) in [7, 11) is 0. The first kappa shape index (κ1) is 6.18. The van der Waals surface area contributed by atoms with E-state index in [1.54, 1.807) is 0 Å². The Balaban J connectivity index is 2.24. The maximum atomic E-state index is 4.35. The summed E-state index contributed by atoms with van der Waals surface area (Å²) in [5, 5.41) is 0. The molecule has 0 spiro atoms. The largest absolute Gasteiger partial charge is 0.265 e. The number of benzene rings is 1. The zero-order chi connectivity index (χ0) is 7.97. The van der Waals surface area contributed by atoms with Gasteiger partial charge in [0.2, 0.25) is 0 Å². The van der Waals surface area contributed by atoms with Crippen molar-refractivity contribution in [1.82, 2.24) is 0 Å². The molecule has 1 unspecified atom stereocenters. The third-order valence-electron chi connectivity index (χ3n) is 2.52. The molecule has 1 aromatic rings. The minimum atomic E-state index is 0.635. The Labute approximate surface area is 71.5 Å². The summed E-state index contributed by atoms with van der Waals surface area (Å²) in [6.07, 6.45) is 5.18. The van der Waals surface area contributed by atoms with Crippen molar-refractivity contribution in [3.63, 3.8) is 0 Å². The Morgan fingerprint density at radius 2 is 2.17 bits per heavy atom. The second-order valence-electron chi connectivity index (χ2n) is 3.32. The molecule has 1 atom stereocenters. The van der Waals surface area contributed by atoms with E-state index in [2.05, 4.69) is 35.3 Å². The second kappa shape index (κ2) is 2.07. The first-order valence-corrected chi connectivity index (χ1v) is 4.27. The van der Waals surface area contributed by atoms with Gasteiger partial charge >= 0.3 is 0 Å². The van der Waals surface area contributed by atoms with Crippen molar-refractivity contribution < 1.29 is 0 Å². The molecular formula is C11H9N. The highest BCUT2D eigenvalue weighted by Gasteiger charge is 2.34. The maximum Gasteiger partial charge on any atom is 0.0282 e. The number of nitrogens with zero attached hydrogens (tertiary/aromatic N) is 1. The van der Waals surface area contributed by atoms with E-state index >= 15 is 0 Å².